The number of benzene rings is 2. The van der Waals surface area contributed by atoms with Gasteiger partial charge in [0.2, 0.25) is 5.91 Å². The predicted molar refractivity (Wildman–Crippen MR) is 132 cm³/mol. The molecule has 35 heavy (non-hydrogen) atoms. The standard InChI is InChI=1S/C24H29N5O5S/c1-32-14-12-25-23(31)26-22(30)17-35-24-28-27-21(29(24)13-15-33-2)16-34-20-11-7-6-10-19(20)18-8-4-3-5-9-18/h3-11H,12-17H2,1-2H3,(H2,25,26,30,31). The maximum absolute atomic E-state index is 12.1. The van der Waals surface area contributed by atoms with Gasteiger partial charge >= 0.3 is 6.03 Å². The summed E-state index contributed by atoms with van der Waals surface area (Å²) < 4.78 is 18.1. The van der Waals surface area contributed by atoms with Crippen LogP contribution in [0.3, 0.4) is 0 Å². The quantitative estimate of drug-likeness (QED) is 0.272. The first-order chi connectivity index (χ1) is 17.1. The molecule has 3 amide bonds. The number of nitrogens with one attached hydrogen (secondary N) is 2. The van der Waals surface area contributed by atoms with Crippen LogP contribution in [0.2, 0.25) is 0 Å². The molecule has 1 aromatic heterocycles. The molecule has 0 aliphatic carbocycles. The van der Waals surface area contributed by atoms with Crippen LogP contribution in [0.5, 0.6) is 5.75 Å². The highest BCUT2D eigenvalue weighted by atomic mass is 32.2. The molecule has 2 aromatic carbocycles. The monoisotopic (exact) mass is 499 g/mol. The maximum Gasteiger partial charge on any atom is 0.321 e. The highest BCUT2D eigenvalue weighted by Gasteiger charge is 2.16. The summed E-state index contributed by atoms with van der Waals surface area (Å²) in [5.41, 5.74) is 2.03. The van der Waals surface area contributed by atoms with Crippen molar-refractivity contribution in [3.8, 4) is 16.9 Å². The minimum absolute atomic E-state index is 0.000507. The van der Waals surface area contributed by atoms with Gasteiger partial charge in [0, 0.05) is 32.9 Å². The Morgan fingerprint density at radius 1 is 0.971 bits per heavy atom. The average Bonchev–Trinajstić information content (AvgIpc) is 3.27. The number of carbonyl (C=O) groups excluding carboxylic acids is 2. The third-order valence-electron chi connectivity index (χ3n) is 4.82. The number of methoxy groups -OCH3 is 2. The number of thioether (sulfide) groups is 1. The van der Waals surface area contributed by atoms with Crippen molar-refractivity contribution >= 4 is 23.7 Å². The second kappa shape index (κ2) is 14.1. The molecule has 186 valence electrons. The van der Waals surface area contributed by atoms with Gasteiger partial charge in [-0.05, 0) is 11.6 Å². The Balaban J connectivity index is 1.64. The summed E-state index contributed by atoms with van der Waals surface area (Å²) in [6, 6.07) is 17.2. The van der Waals surface area contributed by atoms with Crippen molar-refractivity contribution < 1.29 is 23.8 Å². The lowest BCUT2D eigenvalue weighted by Crippen LogP contribution is -2.41. The Bertz CT molecular complexity index is 1090. The molecule has 0 spiro atoms. The van der Waals surface area contributed by atoms with Crippen LogP contribution in [0.15, 0.2) is 59.8 Å². The molecule has 11 heteroatoms. The third kappa shape index (κ3) is 8.09. The number of ether oxygens (including phenoxy) is 3. The highest BCUT2D eigenvalue weighted by molar-refractivity contribution is 7.99. The second-order valence-electron chi connectivity index (χ2n) is 7.28. The molecule has 0 aliphatic rings. The van der Waals surface area contributed by atoms with Gasteiger partial charge in [0.05, 0.1) is 19.0 Å². The zero-order valence-corrected chi connectivity index (χ0v) is 20.5. The van der Waals surface area contributed by atoms with E-state index in [4.69, 9.17) is 14.2 Å². The van der Waals surface area contributed by atoms with Gasteiger partial charge in [-0.2, -0.15) is 0 Å². The number of amides is 3. The summed E-state index contributed by atoms with van der Waals surface area (Å²) in [7, 11) is 3.14. The van der Waals surface area contributed by atoms with Gasteiger partial charge in [0.15, 0.2) is 11.0 Å². The van der Waals surface area contributed by atoms with Crippen molar-refractivity contribution in [1.82, 2.24) is 25.4 Å². The lowest BCUT2D eigenvalue weighted by atomic mass is 10.1. The van der Waals surface area contributed by atoms with Gasteiger partial charge in [0.1, 0.15) is 12.4 Å². The lowest BCUT2D eigenvalue weighted by Gasteiger charge is -2.13. The first-order valence-corrected chi connectivity index (χ1v) is 12.0. The van der Waals surface area contributed by atoms with Crippen molar-refractivity contribution in [2.45, 2.75) is 18.3 Å². The maximum atomic E-state index is 12.1. The Labute approximate surface area is 208 Å². The lowest BCUT2D eigenvalue weighted by molar-refractivity contribution is -0.117. The first-order valence-electron chi connectivity index (χ1n) is 11.0. The first kappa shape index (κ1) is 26.2. The molecule has 0 fully saturated rings. The number of rotatable bonds is 13. The summed E-state index contributed by atoms with van der Waals surface area (Å²) in [5.74, 6) is 0.888. The Morgan fingerprint density at radius 3 is 2.49 bits per heavy atom. The summed E-state index contributed by atoms with van der Waals surface area (Å²) in [6.07, 6.45) is 0. The zero-order valence-electron chi connectivity index (χ0n) is 19.7. The van der Waals surface area contributed by atoms with Gasteiger partial charge in [-0.15, -0.1) is 10.2 Å². The molecule has 3 aromatic rings. The van der Waals surface area contributed by atoms with Crippen molar-refractivity contribution in [3.63, 3.8) is 0 Å². The number of para-hydroxylation sites is 1. The average molecular weight is 500 g/mol. The van der Waals surface area contributed by atoms with Crippen LogP contribution in [-0.4, -0.2) is 66.4 Å². The van der Waals surface area contributed by atoms with Gasteiger partial charge < -0.3 is 24.1 Å². The molecule has 0 saturated heterocycles. The van der Waals surface area contributed by atoms with E-state index in [1.54, 1.807) is 7.11 Å². The van der Waals surface area contributed by atoms with Crippen molar-refractivity contribution in [2.75, 3.05) is 39.7 Å². The van der Waals surface area contributed by atoms with Crippen LogP contribution >= 0.6 is 11.8 Å². The molecule has 2 N–H and O–H groups in total. The topological polar surface area (TPSA) is 117 Å². The molecule has 0 aliphatic heterocycles. The molecule has 0 atom stereocenters. The van der Waals surface area contributed by atoms with E-state index in [0.29, 0.717) is 37.3 Å². The number of imide groups is 1. The van der Waals surface area contributed by atoms with Crippen LogP contribution in [-0.2, 0) is 27.4 Å². The van der Waals surface area contributed by atoms with Crippen LogP contribution in [0.1, 0.15) is 5.82 Å². The van der Waals surface area contributed by atoms with Crippen LogP contribution < -0.4 is 15.4 Å². The molecular formula is C24H29N5O5S. The molecule has 10 nitrogen and oxygen atoms in total. The van der Waals surface area contributed by atoms with E-state index in [1.165, 1.54) is 18.9 Å². The molecule has 0 saturated carbocycles. The number of urea groups is 1. The van der Waals surface area contributed by atoms with E-state index in [0.717, 1.165) is 16.9 Å². The highest BCUT2D eigenvalue weighted by Crippen LogP contribution is 2.30. The fourth-order valence-corrected chi connectivity index (χ4v) is 3.92. The van der Waals surface area contributed by atoms with Gasteiger partial charge in [-0.25, -0.2) is 4.79 Å². The number of hydrogen-bond acceptors (Lipinski definition) is 8. The van der Waals surface area contributed by atoms with E-state index >= 15 is 0 Å². The van der Waals surface area contributed by atoms with E-state index < -0.39 is 11.9 Å². The van der Waals surface area contributed by atoms with Crippen molar-refractivity contribution in [2.24, 2.45) is 0 Å². The van der Waals surface area contributed by atoms with E-state index in [1.807, 2.05) is 59.2 Å². The van der Waals surface area contributed by atoms with Crippen molar-refractivity contribution in [3.05, 3.63) is 60.4 Å². The minimum Gasteiger partial charge on any atom is -0.485 e. The van der Waals surface area contributed by atoms with Crippen LogP contribution in [0.4, 0.5) is 4.79 Å². The van der Waals surface area contributed by atoms with Crippen LogP contribution in [0.25, 0.3) is 11.1 Å². The molecule has 0 unspecified atom stereocenters. The predicted octanol–water partition coefficient (Wildman–Crippen LogP) is 2.73. The molecule has 1 heterocycles. The number of nitrogens with zero attached hydrogens (tertiary/aromatic N) is 3. The summed E-state index contributed by atoms with van der Waals surface area (Å²) in [6.45, 7) is 1.79. The van der Waals surface area contributed by atoms with E-state index in [2.05, 4.69) is 20.8 Å². The summed E-state index contributed by atoms with van der Waals surface area (Å²) in [5, 5.41) is 13.8. The second-order valence-corrected chi connectivity index (χ2v) is 8.22. The van der Waals surface area contributed by atoms with Crippen molar-refractivity contribution in [1.29, 1.82) is 0 Å². The third-order valence-corrected chi connectivity index (χ3v) is 5.78. The largest absolute Gasteiger partial charge is 0.485 e. The summed E-state index contributed by atoms with van der Waals surface area (Å²) in [4.78, 5) is 23.9. The number of aromatic nitrogens is 3. The van der Waals surface area contributed by atoms with E-state index in [-0.39, 0.29) is 12.4 Å². The van der Waals surface area contributed by atoms with Crippen LogP contribution in [0, 0.1) is 0 Å². The Kier molecular flexibility index (Phi) is 10.6. The molecular weight excluding hydrogens is 470 g/mol. The number of carbonyl (C=O) groups is 2. The van der Waals surface area contributed by atoms with Gasteiger partial charge in [-0.3, -0.25) is 10.1 Å². The minimum atomic E-state index is -0.570. The van der Waals surface area contributed by atoms with E-state index in [9.17, 15) is 9.59 Å². The Hall–Kier alpha value is -3.41. The number of hydrogen-bond donors (Lipinski definition) is 2. The molecule has 0 radical (unpaired) electrons. The fraction of sp³-hybridized carbons (Fsp3) is 0.333. The molecule has 0 bridgehead atoms. The SMILES string of the molecule is COCCNC(=O)NC(=O)CSc1nnc(COc2ccccc2-c2ccccc2)n1CCOC. The molecule has 3 rings (SSSR count). The van der Waals surface area contributed by atoms with Gasteiger partial charge in [0.25, 0.3) is 0 Å². The summed E-state index contributed by atoms with van der Waals surface area (Å²) >= 11 is 1.18. The van der Waals surface area contributed by atoms with Gasteiger partial charge in [-0.1, -0.05) is 60.3 Å². The Morgan fingerprint density at radius 2 is 1.71 bits per heavy atom. The smallest absolute Gasteiger partial charge is 0.321 e. The normalized spacial score (nSPS) is 10.7. The zero-order chi connectivity index (χ0) is 24.9. The fourth-order valence-electron chi connectivity index (χ4n) is 3.13.